The van der Waals surface area contributed by atoms with Crippen molar-refractivity contribution in [1.82, 2.24) is 5.32 Å². The van der Waals surface area contributed by atoms with E-state index in [1.165, 1.54) is 0 Å². The molecule has 2 amide bonds. The number of anilines is 1. The van der Waals surface area contributed by atoms with Gasteiger partial charge in [0.25, 0.3) is 5.91 Å². The Balaban J connectivity index is 2.02. The molecular formula is C16H18N2O4. The Morgan fingerprint density at radius 3 is 2.77 bits per heavy atom. The molecule has 116 valence electrons. The highest BCUT2D eigenvalue weighted by molar-refractivity contribution is 5.96. The van der Waals surface area contributed by atoms with Crippen LogP contribution in [0.3, 0.4) is 0 Å². The summed E-state index contributed by atoms with van der Waals surface area (Å²) < 4.78 is 10.0. The van der Waals surface area contributed by atoms with Crippen molar-refractivity contribution in [3.05, 3.63) is 54.0 Å². The van der Waals surface area contributed by atoms with Gasteiger partial charge in [0.15, 0.2) is 0 Å². The van der Waals surface area contributed by atoms with E-state index < -0.39 is 6.09 Å². The highest BCUT2D eigenvalue weighted by Crippen LogP contribution is 2.15. The molecule has 0 unspecified atom stereocenters. The van der Waals surface area contributed by atoms with Crippen LogP contribution in [0.4, 0.5) is 10.5 Å². The van der Waals surface area contributed by atoms with Crippen LogP contribution >= 0.6 is 0 Å². The number of furan rings is 1. The number of hydrogen-bond donors (Lipinski definition) is 2. The normalized spacial score (nSPS) is 11.5. The largest absolute Gasteiger partial charge is 0.467 e. The number of amides is 2. The zero-order chi connectivity index (χ0) is 15.9. The monoisotopic (exact) mass is 302 g/mol. The van der Waals surface area contributed by atoms with Crippen molar-refractivity contribution in [2.24, 2.45) is 0 Å². The van der Waals surface area contributed by atoms with Gasteiger partial charge >= 0.3 is 6.09 Å². The van der Waals surface area contributed by atoms with Crippen LogP contribution in [0.25, 0.3) is 0 Å². The summed E-state index contributed by atoms with van der Waals surface area (Å²) in [6.45, 7) is 3.84. The molecule has 22 heavy (non-hydrogen) atoms. The van der Waals surface area contributed by atoms with E-state index in [2.05, 4.69) is 10.6 Å². The standard InChI is InChI=1S/C16H18N2O4/c1-3-21-16(20)18-13-7-4-6-12(10-13)15(19)17-11(2)14-8-5-9-22-14/h4-11H,3H2,1-2H3,(H,17,19)(H,18,20)/t11-/m1/s1. The topological polar surface area (TPSA) is 80.6 Å². The molecule has 0 saturated heterocycles. The smallest absolute Gasteiger partial charge is 0.411 e. The number of rotatable bonds is 5. The fourth-order valence-electron chi connectivity index (χ4n) is 1.91. The maximum atomic E-state index is 12.2. The lowest BCUT2D eigenvalue weighted by Gasteiger charge is -2.12. The van der Waals surface area contributed by atoms with Gasteiger partial charge in [-0.05, 0) is 44.2 Å². The van der Waals surface area contributed by atoms with Crippen LogP contribution < -0.4 is 10.6 Å². The number of nitrogens with one attached hydrogen (secondary N) is 2. The second-order valence-corrected chi connectivity index (χ2v) is 4.64. The Morgan fingerprint density at radius 1 is 1.27 bits per heavy atom. The van der Waals surface area contributed by atoms with E-state index in [4.69, 9.17) is 9.15 Å². The maximum absolute atomic E-state index is 12.2. The molecule has 1 atom stereocenters. The summed E-state index contributed by atoms with van der Waals surface area (Å²) in [5.41, 5.74) is 0.935. The highest BCUT2D eigenvalue weighted by atomic mass is 16.5. The zero-order valence-electron chi connectivity index (χ0n) is 12.5. The number of carbonyl (C=O) groups is 2. The Morgan fingerprint density at radius 2 is 2.09 bits per heavy atom. The van der Waals surface area contributed by atoms with Gasteiger partial charge in [0.05, 0.1) is 18.9 Å². The first-order chi connectivity index (χ1) is 10.6. The molecule has 0 fully saturated rings. The molecule has 1 aromatic carbocycles. The molecule has 0 bridgehead atoms. The van der Waals surface area contributed by atoms with Gasteiger partial charge < -0.3 is 14.5 Å². The Labute approximate surface area is 128 Å². The molecule has 0 spiro atoms. The molecule has 2 aromatic rings. The Hall–Kier alpha value is -2.76. The van der Waals surface area contributed by atoms with Gasteiger partial charge in [-0.25, -0.2) is 4.79 Å². The van der Waals surface area contributed by atoms with E-state index in [1.807, 2.05) is 6.92 Å². The van der Waals surface area contributed by atoms with Gasteiger partial charge in [-0.1, -0.05) is 6.07 Å². The van der Waals surface area contributed by atoms with Crippen molar-refractivity contribution < 1.29 is 18.7 Å². The van der Waals surface area contributed by atoms with Crippen molar-refractivity contribution in [3.63, 3.8) is 0 Å². The number of carbonyl (C=O) groups excluding carboxylic acids is 2. The molecule has 6 nitrogen and oxygen atoms in total. The van der Waals surface area contributed by atoms with E-state index >= 15 is 0 Å². The fourth-order valence-corrected chi connectivity index (χ4v) is 1.91. The second-order valence-electron chi connectivity index (χ2n) is 4.64. The Kier molecular flexibility index (Phi) is 5.19. The van der Waals surface area contributed by atoms with Crippen molar-refractivity contribution in [3.8, 4) is 0 Å². The molecule has 1 heterocycles. The number of ether oxygens (including phenoxy) is 1. The zero-order valence-corrected chi connectivity index (χ0v) is 12.5. The molecule has 0 aliphatic carbocycles. The molecule has 0 aliphatic heterocycles. The van der Waals surface area contributed by atoms with Crippen molar-refractivity contribution in [1.29, 1.82) is 0 Å². The van der Waals surface area contributed by atoms with Crippen LogP contribution in [-0.4, -0.2) is 18.6 Å². The molecule has 1 aromatic heterocycles. The molecule has 2 rings (SSSR count). The predicted molar refractivity (Wildman–Crippen MR) is 81.7 cm³/mol. The van der Waals surface area contributed by atoms with E-state index in [0.717, 1.165) is 0 Å². The van der Waals surface area contributed by atoms with Gasteiger partial charge in [0.1, 0.15) is 5.76 Å². The molecule has 0 aliphatic rings. The van der Waals surface area contributed by atoms with Crippen LogP contribution in [0.2, 0.25) is 0 Å². The highest BCUT2D eigenvalue weighted by Gasteiger charge is 2.14. The van der Waals surface area contributed by atoms with E-state index in [1.54, 1.807) is 49.6 Å². The van der Waals surface area contributed by atoms with Gasteiger partial charge in [0, 0.05) is 11.3 Å². The summed E-state index contributed by atoms with van der Waals surface area (Å²) in [7, 11) is 0. The van der Waals surface area contributed by atoms with Gasteiger partial charge in [-0.2, -0.15) is 0 Å². The SMILES string of the molecule is CCOC(=O)Nc1cccc(C(=O)N[C@H](C)c2ccco2)c1. The summed E-state index contributed by atoms with van der Waals surface area (Å²) >= 11 is 0. The fraction of sp³-hybridized carbons (Fsp3) is 0.250. The summed E-state index contributed by atoms with van der Waals surface area (Å²) in [5.74, 6) is 0.422. The molecule has 0 radical (unpaired) electrons. The maximum Gasteiger partial charge on any atom is 0.411 e. The summed E-state index contributed by atoms with van der Waals surface area (Å²) in [4.78, 5) is 23.6. The minimum atomic E-state index is -0.552. The van der Waals surface area contributed by atoms with Gasteiger partial charge in [0.2, 0.25) is 0 Å². The summed E-state index contributed by atoms with van der Waals surface area (Å²) in [6.07, 6.45) is 1.01. The van der Waals surface area contributed by atoms with Crippen LogP contribution in [0.5, 0.6) is 0 Å². The first-order valence-electron chi connectivity index (χ1n) is 6.98. The average molecular weight is 302 g/mol. The van der Waals surface area contributed by atoms with Crippen molar-refractivity contribution in [2.45, 2.75) is 19.9 Å². The predicted octanol–water partition coefficient (Wildman–Crippen LogP) is 3.34. The number of benzene rings is 1. The third-order valence-electron chi connectivity index (χ3n) is 2.96. The third-order valence-corrected chi connectivity index (χ3v) is 2.96. The van der Waals surface area contributed by atoms with Crippen molar-refractivity contribution in [2.75, 3.05) is 11.9 Å². The lowest BCUT2D eigenvalue weighted by molar-refractivity contribution is 0.0935. The van der Waals surface area contributed by atoms with Crippen LogP contribution in [-0.2, 0) is 4.74 Å². The van der Waals surface area contributed by atoms with Crippen LogP contribution in [0, 0.1) is 0 Å². The molecule has 6 heteroatoms. The minimum absolute atomic E-state index is 0.246. The summed E-state index contributed by atoms with van der Waals surface area (Å²) in [6, 6.07) is 9.94. The van der Waals surface area contributed by atoms with Crippen LogP contribution in [0.15, 0.2) is 47.1 Å². The van der Waals surface area contributed by atoms with E-state index in [0.29, 0.717) is 17.0 Å². The molecule has 2 N–H and O–H groups in total. The minimum Gasteiger partial charge on any atom is -0.467 e. The molecule has 0 saturated carbocycles. The lowest BCUT2D eigenvalue weighted by atomic mass is 10.1. The van der Waals surface area contributed by atoms with E-state index in [9.17, 15) is 9.59 Å². The Bertz CT molecular complexity index is 637. The van der Waals surface area contributed by atoms with Crippen molar-refractivity contribution >= 4 is 17.7 Å². The van der Waals surface area contributed by atoms with Gasteiger partial charge in [-0.3, -0.25) is 10.1 Å². The average Bonchev–Trinajstić information content (AvgIpc) is 3.02. The quantitative estimate of drug-likeness (QED) is 0.887. The summed E-state index contributed by atoms with van der Waals surface area (Å²) in [5, 5.41) is 5.39. The first-order valence-corrected chi connectivity index (χ1v) is 6.98. The van der Waals surface area contributed by atoms with Gasteiger partial charge in [-0.15, -0.1) is 0 Å². The van der Waals surface area contributed by atoms with Crippen LogP contribution in [0.1, 0.15) is 36.0 Å². The molecular weight excluding hydrogens is 284 g/mol. The third kappa shape index (κ3) is 4.12. The first kappa shape index (κ1) is 15.6. The number of hydrogen-bond acceptors (Lipinski definition) is 4. The van der Waals surface area contributed by atoms with E-state index in [-0.39, 0.29) is 18.6 Å². The second kappa shape index (κ2) is 7.31. The lowest BCUT2D eigenvalue weighted by Crippen LogP contribution is -2.26.